The predicted octanol–water partition coefficient (Wildman–Crippen LogP) is 0.336. The van der Waals surface area contributed by atoms with Gasteiger partial charge in [0.15, 0.2) is 6.10 Å². The molecule has 0 saturated heterocycles. The lowest BCUT2D eigenvalue weighted by molar-refractivity contribution is -0.146. The van der Waals surface area contributed by atoms with Crippen molar-refractivity contribution >= 4 is 12.0 Å². The molecule has 0 bridgehead atoms. The van der Waals surface area contributed by atoms with E-state index in [9.17, 15) is 22.8 Å². The van der Waals surface area contributed by atoms with Crippen molar-refractivity contribution in [2.24, 2.45) is 0 Å². The molecular weight excluding hydrogens is 269 g/mol. The average molecular weight is 282 g/mol. The van der Waals surface area contributed by atoms with Crippen LogP contribution in [-0.2, 0) is 4.79 Å². The Balaban J connectivity index is 2.45. The number of carboxylic acids is 1. The van der Waals surface area contributed by atoms with E-state index in [4.69, 9.17) is 10.2 Å². The third-order valence-electron chi connectivity index (χ3n) is 2.59. The van der Waals surface area contributed by atoms with Crippen LogP contribution in [0.5, 0.6) is 0 Å². The second-order valence-corrected chi connectivity index (χ2v) is 3.96. The fourth-order valence-corrected chi connectivity index (χ4v) is 1.49. The highest BCUT2D eigenvalue weighted by Gasteiger charge is 2.35. The van der Waals surface area contributed by atoms with Gasteiger partial charge in [-0.05, 0) is 6.42 Å². The molecular formula is C10H13F3N2O4. The first-order valence-corrected chi connectivity index (χ1v) is 5.41. The van der Waals surface area contributed by atoms with Crippen molar-refractivity contribution in [3.8, 4) is 0 Å². The maximum atomic E-state index is 12.3. The number of alkyl halides is 3. The summed E-state index contributed by atoms with van der Waals surface area (Å²) in [6.07, 6.45) is -5.52. The molecule has 3 N–H and O–H groups in total. The highest BCUT2D eigenvalue weighted by atomic mass is 19.4. The van der Waals surface area contributed by atoms with Crippen LogP contribution in [0.25, 0.3) is 0 Å². The molecule has 19 heavy (non-hydrogen) atoms. The topological polar surface area (TPSA) is 89.9 Å². The molecule has 1 aliphatic rings. The van der Waals surface area contributed by atoms with E-state index in [1.165, 1.54) is 0 Å². The van der Waals surface area contributed by atoms with E-state index in [2.05, 4.69) is 5.32 Å². The molecule has 108 valence electrons. The fourth-order valence-electron chi connectivity index (χ4n) is 1.49. The van der Waals surface area contributed by atoms with Crippen molar-refractivity contribution in [3.05, 3.63) is 11.6 Å². The molecule has 2 amide bonds. The average Bonchev–Trinajstić information content (AvgIpc) is 2.34. The van der Waals surface area contributed by atoms with E-state index in [0.29, 0.717) is 0 Å². The number of carbonyl (C=O) groups excluding carboxylic acids is 1. The number of carbonyl (C=O) groups is 2. The maximum Gasteiger partial charge on any atom is 0.412 e. The second-order valence-electron chi connectivity index (χ2n) is 3.96. The summed E-state index contributed by atoms with van der Waals surface area (Å²) in [7, 11) is 0. The number of urea groups is 1. The van der Waals surface area contributed by atoms with Gasteiger partial charge >= 0.3 is 18.2 Å². The lowest BCUT2D eigenvalue weighted by Gasteiger charge is -2.27. The third kappa shape index (κ3) is 4.43. The summed E-state index contributed by atoms with van der Waals surface area (Å²) in [5.41, 5.74) is -0.679. The summed E-state index contributed by atoms with van der Waals surface area (Å²) < 4.78 is 37.0. The molecule has 1 aliphatic heterocycles. The standard InChI is InChI=1S/C10H13F3N2O4/c11-10(12,13)6-1-3-15(4-2-6)9(19)14-5-7(16)8(17)18/h1,7,16H,2-5H2,(H,14,19)(H,17,18)/t7-/m0/s1. The lowest BCUT2D eigenvalue weighted by Crippen LogP contribution is -2.46. The predicted molar refractivity (Wildman–Crippen MR) is 57.4 cm³/mol. The summed E-state index contributed by atoms with van der Waals surface area (Å²) >= 11 is 0. The minimum Gasteiger partial charge on any atom is -0.479 e. The monoisotopic (exact) mass is 282 g/mol. The van der Waals surface area contributed by atoms with Gasteiger partial charge in [-0.1, -0.05) is 6.08 Å². The molecule has 0 saturated carbocycles. The highest BCUT2D eigenvalue weighted by molar-refractivity contribution is 5.77. The SMILES string of the molecule is O=C(O)[C@@H](O)CNC(=O)N1CC=C(C(F)(F)F)CC1. The first-order valence-electron chi connectivity index (χ1n) is 5.41. The lowest BCUT2D eigenvalue weighted by atomic mass is 10.1. The smallest absolute Gasteiger partial charge is 0.412 e. The molecule has 0 fully saturated rings. The molecule has 0 radical (unpaired) electrons. The summed E-state index contributed by atoms with van der Waals surface area (Å²) in [6, 6.07) is -0.710. The Hall–Kier alpha value is -1.77. The van der Waals surface area contributed by atoms with Crippen LogP contribution in [0, 0.1) is 0 Å². The largest absolute Gasteiger partial charge is 0.479 e. The van der Waals surface area contributed by atoms with Gasteiger partial charge in [-0.25, -0.2) is 9.59 Å². The Kier molecular flexibility index (Phi) is 4.76. The zero-order chi connectivity index (χ0) is 14.6. The van der Waals surface area contributed by atoms with Crippen LogP contribution in [-0.4, -0.2) is 59.0 Å². The van der Waals surface area contributed by atoms with Crippen LogP contribution < -0.4 is 5.32 Å². The first-order chi connectivity index (χ1) is 8.71. The third-order valence-corrected chi connectivity index (χ3v) is 2.59. The molecule has 9 heteroatoms. The van der Waals surface area contributed by atoms with Gasteiger partial charge < -0.3 is 20.4 Å². The zero-order valence-corrected chi connectivity index (χ0v) is 9.78. The van der Waals surface area contributed by atoms with Crippen LogP contribution in [0.3, 0.4) is 0 Å². The normalized spacial score (nSPS) is 17.7. The van der Waals surface area contributed by atoms with Crippen molar-refractivity contribution in [1.82, 2.24) is 10.2 Å². The number of aliphatic hydroxyl groups excluding tert-OH is 1. The molecule has 0 aliphatic carbocycles. The van der Waals surface area contributed by atoms with E-state index in [-0.39, 0.29) is 19.5 Å². The summed E-state index contributed by atoms with van der Waals surface area (Å²) in [4.78, 5) is 22.9. The number of carboxylic acid groups (broad SMARTS) is 1. The van der Waals surface area contributed by atoms with E-state index >= 15 is 0 Å². The van der Waals surface area contributed by atoms with E-state index < -0.39 is 36.4 Å². The number of amides is 2. The van der Waals surface area contributed by atoms with E-state index in [1.54, 1.807) is 0 Å². The first kappa shape index (κ1) is 15.3. The number of rotatable bonds is 3. The number of halogens is 3. The van der Waals surface area contributed by atoms with Crippen LogP contribution in [0.2, 0.25) is 0 Å². The van der Waals surface area contributed by atoms with Crippen molar-refractivity contribution in [2.45, 2.75) is 18.7 Å². The van der Waals surface area contributed by atoms with Crippen LogP contribution in [0.15, 0.2) is 11.6 Å². The molecule has 0 aromatic heterocycles. The molecule has 0 unspecified atom stereocenters. The molecule has 0 spiro atoms. The Labute approximate surface area is 106 Å². The van der Waals surface area contributed by atoms with E-state index in [1.807, 2.05) is 0 Å². The number of nitrogens with zero attached hydrogens (tertiary/aromatic N) is 1. The molecule has 6 nitrogen and oxygen atoms in total. The number of aliphatic hydroxyl groups is 1. The molecule has 1 atom stereocenters. The van der Waals surface area contributed by atoms with Gasteiger partial charge in [0.25, 0.3) is 0 Å². The summed E-state index contributed by atoms with van der Waals surface area (Å²) in [6.45, 7) is -0.815. The fraction of sp³-hybridized carbons (Fsp3) is 0.600. The Bertz CT molecular complexity index is 395. The van der Waals surface area contributed by atoms with Crippen molar-refractivity contribution in [2.75, 3.05) is 19.6 Å². The Morgan fingerprint density at radius 2 is 2.11 bits per heavy atom. The number of nitrogens with one attached hydrogen (secondary N) is 1. The molecule has 1 rings (SSSR count). The van der Waals surface area contributed by atoms with Crippen LogP contribution >= 0.6 is 0 Å². The molecule has 0 aromatic rings. The minimum absolute atomic E-state index is 0.111. The van der Waals surface area contributed by atoms with Gasteiger partial charge in [0, 0.05) is 18.7 Å². The van der Waals surface area contributed by atoms with Gasteiger partial charge in [-0.3, -0.25) is 0 Å². The van der Waals surface area contributed by atoms with Crippen LogP contribution in [0.4, 0.5) is 18.0 Å². The maximum absolute atomic E-state index is 12.3. The van der Waals surface area contributed by atoms with Gasteiger partial charge in [-0.2, -0.15) is 13.2 Å². The zero-order valence-electron chi connectivity index (χ0n) is 9.78. The highest BCUT2D eigenvalue weighted by Crippen LogP contribution is 2.29. The van der Waals surface area contributed by atoms with Crippen LogP contribution in [0.1, 0.15) is 6.42 Å². The Morgan fingerprint density at radius 3 is 2.53 bits per heavy atom. The van der Waals surface area contributed by atoms with Crippen molar-refractivity contribution < 1.29 is 33.0 Å². The van der Waals surface area contributed by atoms with E-state index in [0.717, 1.165) is 11.0 Å². The van der Waals surface area contributed by atoms with Crippen molar-refractivity contribution in [1.29, 1.82) is 0 Å². The quantitative estimate of drug-likeness (QED) is 0.651. The summed E-state index contributed by atoms with van der Waals surface area (Å²) in [5.74, 6) is -1.49. The minimum atomic E-state index is -4.39. The summed E-state index contributed by atoms with van der Waals surface area (Å²) in [5, 5.41) is 19.4. The second kappa shape index (κ2) is 5.91. The van der Waals surface area contributed by atoms with Gasteiger partial charge in [0.05, 0.1) is 6.54 Å². The van der Waals surface area contributed by atoms with Gasteiger partial charge in [0.1, 0.15) is 0 Å². The van der Waals surface area contributed by atoms with Gasteiger partial charge in [-0.15, -0.1) is 0 Å². The van der Waals surface area contributed by atoms with Crippen molar-refractivity contribution in [3.63, 3.8) is 0 Å². The Morgan fingerprint density at radius 1 is 1.47 bits per heavy atom. The number of aliphatic carboxylic acids is 1. The van der Waals surface area contributed by atoms with Gasteiger partial charge in [0.2, 0.25) is 0 Å². The molecule has 0 aromatic carbocycles. The molecule has 1 heterocycles. The number of hydrogen-bond donors (Lipinski definition) is 3. The number of hydrogen-bond acceptors (Lipinski definition) is 3.